The van der Waals surface area contributed by atoms with E-state index >= 15 is 0 Å². The summed E-state index contributed by atoms with van der Waals surface area (Å²) in [6, 6.07) is 15.5. The Morgan fingerprint density at radius 1 is 1.12 bits per heavy atom. The van der Waals surface area contributed by atoms with E-state index in [1.165, 1.54) is 0 Å². The van der Waals surface area contributed by atoms with Crippen LogP contribution in [0.3, 0.4) is 0 Å². The minimum Gasteiger partial charge on any atom is -0.337 e. The zero-order valence-corrected chi connectivity index (χ0v) is 14.7. The van der Waals surface area contributed by atoms with E-state index in [1.54, 1.807) is 4.90 Å². The van der Waals surface area contributed by atoms with Gasteiger partial charge in [0.05, 0.1) is 0 Å². The Bertz CT molecular complexity index is 872. The van der Waals surface area contributed by atoms with E-state index in [2.05, 4.69) is 10.1 Å². The summed E-state index contributed by atoms with van der Waals surface area (Å²) in [4.78, 5) is 18.9. The molecule has 3 rings (SSSR count). The Morgan fingerprint density at radius 2 is 1.88 bits per heavy atom. The third kappa shape index (κ3) is 3.76. The molecule has 0 saturated carbocycles. The first-order chi connectivity index (χ1) is 12.1. The number of aryl methyl sites for hydroxylation is 2. The van der Waals surface area contributed by atoms with Crippen LogP contribution in [0.2, 0.25) is 0 Å². The van der Waals surface area contributed by atoms with Crippen molar-refractivity contribution in [3.8, 4) is 11.4 Å². The van der Waals surface area contributed by atoms with Gasteiger partial charge in [-0.3, -0.25) is 4.79 Å². The summed E-state index contributed by atoms with van der Waals surface area (Å²) in [7, 11) is 0. The van der Waals surface area contributed by atoms with E-state index in [4.69, 9.17) is 4.52 Å². The molecule has 0 radical (unpaired) electrons. The first kappa shape index (κ1) is 16.9. The molecule has 1 heterocycles. The van der Waals surface area contributed by atoms with Gasteiger partial charge in [0, 0.05) is 17.7 Å². The van der Waals surface area contributed by atoms with Crippen LogP contribution in [0.5, 0.6) is 0 Å². The second kappa shape index (κ2) is 7.30. The lowest BCUT2D eigenvalue weighted by atomic mass is 10.0. The summed E-state index contributed by atoms with van der Waals surface area (Å²) in [6.07, 6.45) is 0. The van der Waals surface area contributed by atoms with Crippen molar-refractivity contribution >= 4 is 5.91 Å². The second-order valence-corrected chi connectivity index (χ2v) is 6.02. The number of rotatable bonds is 5. The zero-order valence-electron chi connectivity index (χ0n) is 14.7. The van der Waals surface area contributed by atoms with Crippen molar-refractivity contribution in [2.75, 3.05) is 6.54 Å². The van der Waals surface area contributed by atoms with Crippen molar-refractivity contribution < 1.29 is 9.32 Å². The number of carbonyl (C=O) groups is 1. The summed E-state index contributed by atoms with van der Waals surface area (Å²) >= 11 is 0. The molecule has 2 aromatic carbocycles. The maximum absolute atomic E-state index is 12.8. The van der Waals surface area contributed by atoms with Crippen LogP contribution in [0.1, 0.15) is 34.3 Å². The molecule has 5 nitrogen and oxygen atoms in total. The smallest absolute Gasteiger partial charge is 0.254 e. The van der Waals surface area contributed by atoms with Gasteiger partial charge in [-0.1, -0.05) is 53.2 Å². The Kier molecular flexibility index (Phi) is 4.93. The Morgan fingerprint density at radius 3 is 2.56 bits per heavy atom. The van der Waals surface area contributed by atoms with Crippen LogP contribution in [0.25, 0.3) is 11.4 Å². The molecule has 1 amide bonds. The number of amides is 1. The van der Waals surface area contributed by atoms with Crippen molar-refractivity contribution in [2.45, 2.75) is 27.3 Å². The third-order valence-corrected chi connectivity index (χ3v) is 4.11. The molecule has 0 atom stereocenters. The standard InChI is InChI=1S/C20H21N3O2/c1-4-23(20(24)17-11-10-14(2)12-15(17)3)13-18-21-19(22-25-18)16-8-6-5-7-9-16/h5-12H,4,13H2,1-3H3. The van der Waals surface area contributed by atoms with Gasteiger partial charge in [0.15, 0.2) is 0 Å². The molecule has 1 aromatic heterocycles. The molecule has 0 spiro atoms. The fourth-order valence-corrected chi connectivity index (χ4v) is 2.74. The molecule has 0 saturated heterocycles. The Balaban J connectivity index is 1.78. The van der Waals surface area contributed by atoms with Crippen LogP contribution in [0.15, 0.2) is 53.1 Å². The molecule has 0 bridgehead atoms. The minimum atomic E-state index is -0.0283. The van der Waals surface area contributed by atoms with E-state index in [1.807, 2.05) is 69.3 Å². The highest BCUT2D eigenvalue weighted by Gasteiger charge is 2.19. The van der Waals surface area contributed by atoms with Crippen LogP contribution < -0.4 is 0 Å². The molecule has 3 aromatic rings. The van der Waals surface area contributed by atoms with Gasteiger partial charge in [0.1, 0.15) is 6.54 Å². The van der Waals surface area contributed by atoms with Crippen molar-refractivity contribution in [3.05, 3.63) is 71.1 Å². The molecule has 0 aliphatic carbocycles. The van der Waals surface area contributed by atoms with Gasteiger partial charge in [-0.15, -0.1) is 0 Å². The summed E-state index contributed by atoms with van der Waals surface area (Å²) in [5, 5.41) is 4.01. The summed E-state index contributed by atoms with van der Waals surface area (Å²) in [5.41, 5.74) is 3.71. The van der Waals surface area contributed by atoms with E-state index < -0.39 is 0 Å². The largest absolute Gasteiger partial charge is 0.337 e. The van der Waals surface area contributed by atoms with Crippen LogP contribution in [0, 0.1) is 13.8 Å². The van der Waals surface area contributed by atoms with Crippen LogP contribution in [-0.4, -0.2) is 27.5 Å². The lowest BCUT2D eigenvalue weighted by Crippen LogP contribution is -2.31. The summed E-state index contributed by atoms with van der Waals surface area (Å²) < 4.78 is 5.33. The summed E-state index contributed by atoms with van der Waals surface area (Å²) in [6.45, 7) is 6.77. The normalized spacial score (nSPS) is 10.7. The first-order valence-electron chi connectivity index (χ1n) is 8.33. The number of nitrogens with zero attached hydrogens (tertiary/aromatic N) is 3. The molecule has 128 valence electrons. The average Bonchev–Trinajstić information content (AvgIpc) is 3.08. The molecular weight excluding hydrogens is 314 g/mol. The van der Waals surface area contributed by atoms with Gasteiger partial charge in [-0.05, 0) is 32.4 Å². The number of hydrogen-bond donors (Lipinski definition) is 0. The van der Waals surface area contributed by atoms with E-state index in [-0.39, 0.29) is 5.91 Å². The average molecular weight is 335 g/mol. The number of carbonyl (C=O) groups excluding carboxylic acids is 1. The van der Waals surface area contributed by atoms with Crippen molar-refractivity contribution in [3.63, 3.8) is 0 Å². The number of benzene rings is 2. The quantitative estimate of drug-likeness (QED) is 0.707. The Hall–Kier alpha value is -2.95. The lowest BCUT2D eigenvalue weighted by molar-refractivity contribution is 0.0734. The van der Waals surface area contributed by atoms with Gasteiger partial charge in [-0.2, -0.15) is 4.98 Å². The fourth-order valence-electron chi connectivity index (χ4n) is 2.74. The molecule has 0 fully saturated rings. The topological polar surface area (TPSA) is 59.2 Å². The minimum absolute atomic E-state index is 0.0283. The highest BCUT2D eigenvalue weighted by molar-refractivity contribution is 5.95. The van der Waals surface area contributed by atoms with Crippen molar-refractivity contribution in [1.82, 2.24) is 15.0 Å². The van der Waals surface area contributed by atoms with Crippen molar-refractivity contribution in [1.29, 1.82) is 0 Å². The third-order valence-electron chi connectivity index (χ3n) is 4.11. The van der Waals surface area contributed by atoms with Gasteiger partial charge in [-0.25, -0.2) is 0 Å². The summed E-state index contributed by atoms with van der Waals surface area (Å²) in [5.74, 6) is 0.934. The maximum Gasteiger partial charge on any atom is 0.254 e. The number of hydrogen-bond acceptors (Lipinski definition) is 4. The molecule has 0 aliphatic heterocycles. The second-order valence-electron chi connectivity index (χ2n) is 6.02. The van der Waals surface area contributed by atoms with Gasteiger partial charge < -0.3 is 9.42 Å². The van der Waals surface area contributed by atoms with E-state index in [0.717, 1.165) is 16.7 Å². The van der Waals surface area contributed by atoms with E-state index in [9.17, 15) is 4.79 Å². The first-order valence-corrected chi connectivity index (χ1v) is 8.33. The molecule has 0 unspecified atom stereocenters. The predicted molar refractivity (Wildman–Crippen MR) is 96.1 cm³/mol. The predicted octanol–water partition coefficient (Wildman–Crippen LogP) is 4.02. The van der Waals surface area contributed by atoms with Gasteiger partial charge >= 0.3 is 0 Å². The SMILES string of the molecule is CCN(Cc1nc(-c2ccccc2)no1)C(=O)c1ccc(C)cc1C. The zero-order chi connectivity index (χ0) is 17.8. The maximum atomic E-state index is 12.8. The molecule has 0 aliphatic rings. The van der Waals surface area contributed by atoms with Crippen LogP contribution in [0.4, 0.5) is 0 Å². The van der Waals surface area contributed by atoms with E-state index in [0.29, 0.717) is 30.4 Å². The highest BCUT2D eigenvalue weighted by Crippen LogP contribution is 2.18. The lowest BCUT2D eigenvalue weighted by Gasteiger charge is -2.20. The van der Waals surface area contributed by atoms with Crippen LogP contribution >= 0.6 is 0 Å². The van der Waals surface area contributed by atoms with Crippen LogP contribution in [-0.2, 0) is 6.54 Å². The molecular formula is C20H21N3O2. The fraction of sp³-hybridized carbons (Fsp3) is 0.250. The monoisotopic (exact) mass is 335 g/mol. The molecule has 5 heteroatoms. The highest BCUT2D eigenvalue weighted by atomic mass is 16.5. The van der Waals surface area contributed by atoms with Gasteiger partial charge in [0.25, 0.3) is 5.91 Å². The van der Waals surface area contributed by atoms with Crippen molar-refractivity contribution in [2.24, 2.45) is 0 Å². The van der Waals surface area contributed by atoms with Gasteiger partial charge in [0.2, 0.25) is 11.7 Å². The number of aromatic nitrogens is 2. The Labute approximate surface area is 147 Å². The molecule has 25 heavy (non-hydrogen) atoms. The molecule has 0 N–H and O–H groups in total.